The second-order valence-corrected chi connectivity index (χ2v) is 5.78. The summed E-state index contributed by atoms with van der Waals surface area (Å²) in [5.74, 6) is -0.485. The molecule has 1 N–H and O–H groups in total. The third-order valence-electron chi connectivity index (χ3n) is 4.35. The maximum atomic E-state index is 11.5. The van der Waals surface area contributed by atoms with E-state index >= 15 is 0 Å². The van der Waals surface area contributed by atoms with E-state index in [9.17, 15) is 9.90 Å². The predicted molar refractivity (Wildman–Crippen MR) is 85.2 cm³/mol. The van der Waals surface area contributed by atoms with Crippen LogP contribution in [-0.2, 0) is 16.0 Å². The first-order valence-electron chi connectivity index (χ1n) is 7.70. The summed E-state index contributed by atoms with van der Waals surface area (Å²) < 4.78 is 5.05. The fourth-order valence-corrected chi connectivity index (χ4v) is 3.00. The number of aliphatic hydroxyl groups is 1. The minimum Gasteiger partial charge on any atom is -0.465 e. The first-order valence-corrected chi connectivity index (χ1v) is 7.70. The predicted octanol–water partition coefficient (Wildman–Crippen LogP) is 3.07. The Labute approximate surface area is 130 Å². The van der Waals surface area contributed by atoms with Crippen LogP contribution in [0, 0.1) is 11.8 Å². The van der Waals surface area contributed by atoms with Gasteiger partial charge in [-0.3, -0.25) is 4.79 Å². The summed E-state index contributed by atoms with van der Waals surface area (Å²) in [7, 11) is 0. The average Bonchev–Trinajstić information content (AvgIpc) is 2.94. The Balaban J connectivity index is 1.68. The van der Waals surface area contributed by atoms with Crippen LogP contribution in [0.25, 0.3) is 11.1 Å². The lowest BCUT2D eigenvalue weighted by Gasteiger charge is -2.13. The maximum absolute atomic E-state index is 11.5. The van der Waals surface area contributed by atoms with Crippen LogP contribution < -0.4 is 0 Å². The molecule has 1 aliphatic rings. The van der Waals surface area contributed by atoms with Crippen LogP contribution >= 0.6 is 0 Å². The number of cyclic esters (lactones) is 1. The van der Waals surface area contributed by atoms with Crippen LogP contribution in [-0.4, -0.2) is 24.3 Å². The quantitative estimate of drug-likeness (QED) is 0.863. The number of esters is 1. The molecule has 2 atom stereocenters. The summed E-state index contributed by atoms with van der Waals surface area (Å²) in [6, 6.07) is 18.8. The molecule has 0 radical (unpaired) electrons. The van der Waals surface area contributed by atoms with Gasteiger partial charge in [0, 0.05) is 5.92 Å². The molecule has 1 fully saturated rings. The van der Waals surface area contributed by atoms with Crippen LogP contribution in [0.3, 0.4) is 0 Å². The van der Waals surface area contributed by atoms with Crippen molar-refractivity contribution in [2.24, 2.45) is 11.8 Å². The molecule has 3 heteroatoms. The Hall–Kier alpha value is -2.13. The van der Waals surface area contributed by atoms with Gasteiger partial charge in [0.2, 0.25) is 0 Å². The highest BCUT2D eigenvalue weighted by Gasteiger charge is 2.35. The molecule has 0 aliphatic carbocycles. The van der Waals surface area contributed by atoms with Gasteiger partial charge in [0.05, 0.1) is 19.1 Å². The molecule has 1 saturated heterocycles. The molecule has 22 heavy (non-hydrogen) atoms. The highest BCUT2D eigenvalue weighted by Crippen LogP contribution is 2.27. The molecule has 0 bridgehead atoms. The van der Waals surface area contributed by atoms with E-state index in [1.54, 1.807) is 0 Å². The van der Waals surface area contributed by atoms with Crippen molar-refractivity contribution < 1.29 is 14.6 Å². The molecular weight excluding hydrogens is 276 g/mol. The number of carbonyl (C=O) groups is 1. The van der Waals surface area contributed by atoms with Gasteiger partial charge >= 0.3 is 5.97 Å². The molecule has 0 spiro atoms. The van der Waals surface area contributed by atoms with Crippen molar-refractivity contribution in [1.29, 1.82) is 0 Å². The van der Waals surface area contributed by atoms with Crippen molar-refractivity contribution in [1.82, 2.24) is 0 Å². The molecule has 0 saturated carbocycles. The Morgan fingerprint density at radius 1 is 1.05 bits per heavy atom. The number of aliphatic hydroxyl groups excluding tert-OH is 1. The second-order valence-electron chi connectivity index (χ2n) is 5.78. The highest BCUT2D eigenvalue weighted by molar-refractivity contribution is 5.74. The number of benzene rings is 2. The van der Waals surface area contributed by atoms with Crippen LogP contribution in [0.5, 0.6) is 0 Å². The van der Waals surface area contributed by atoms with Gasteiger partial charge in [0.25, 0.3) is 0 Å². The Morgan fingerprint density at radius 2 is 1.82 bits per heavy atom. The summed E-state index contributed by atoms with van der Waals surface area (Å²) in [4.78, 5) is 11.5. The molecule has 1 heterocycles. The normalized spacial score (nSPS) is 20.9. The van der Waals surface area contributed by atoms with Crippen molar-refractivity contribution in [3.05, 3.63) is 60.2 Å². The molecule has 0 unspecified atom stereocenters. The third-order valence-corrected chi connectivity index (χ3v) is 4.35. The zero-order chi connectivity index (χ0) is 15.4. The van der Waals surface area contributed by atoms with Crippen LogP contribution in [0.15, 0.2) is 54.6 Å². The first-order chi connectivity index (χ1) is 10.8. The Morgan fingerprint density at radius 3 is 2.59 bits per heavy atom. The van der Waals surface area contributed by atoms with Crippen molar-refractivity contribution in [3.8, 4) is 11.1 Å². The zero-order valence-electron chi connectivity index (χ0n) is 12.4. The van der Waals surface area contributed by atoms with Crippen LogP contribution in [0.1, 0.15) is 12.0 Å². The third kappa shape index (κ3) is 3.20. The van der Waals surface area contributed by atoms with Gasteiger partial charge in [0.1, 0.15) is 0 Å². The molecule has 2 aromatic carbocycles. The number of hydrogen-bond acceptors (Lipinski definition) is 3. The number of rotatable bonds is 5. The molecular formula is C19H20O3. The summed E-state index contributed by atoms with van der Waals surface area (Å²) >= 11 is 0. The van der Waals surface area contributed by atoms with Gasteiger partial charge in [-0.05, 0) is 29.5 Å². The van der Waals surface area contributed by atoms with Gasteiger partial charge in [-0.15, -0.1) is 0 Å². The van der Waals surface area contributed by atoms with Gasteiger partial charge in [-0.25, -0.2) is 0 Å². The maximum Gasteiger partial charge on any atom is 0.311 e. The van der Waals surface area contributed by atoms with E-state index in [4.69, 9.17) is 4.74 Å². The van der Waals surface area contributed by atoms with Gasteiger partial charge < -0.3 is 9.84 Å². The minimum absolute atomic E-state index is 0.118. The van der Waals surface area contributed by atoms with Crippen molar-refractivity contribution >= 4 is 5.97 Å². The summed E-state index contributed by atoms with van der Waals surface area (Å²) in [5.41, 5.74) is 3.66. The Kier molecular flexibility index (Phi) is 4.54. The van der Waals surface area contributed by atoms with E-state index in [-0.39, 0.29) is 24.4 Å². The lowest BCUT2D eigenvalue weighted by molar-refractivity contribution is -0.142. The monoisotopic (exact) mass is 296 g/mol. The molecule has 0 aromatic heterocycles. The summed E-state index contributed by atoms with van der Waals surface area (Å²) in [5, 5.41) is 9.30. The highest BCUT2D eigenvalue weighted by atomic mass is 16.5. The lowest BCUT2D eigenvalue weighted by Crippen LogP contribution is -2.20. The largest absolute Gasteiger partial charge is 0.465 e. The van der Waals surface area contributed by atoms with E-state index < -0.39 is 0 Å². The standard InChI is InChI=1S/C19H20O3/c20-12-18-17(13-22-19(18)21)10-9-14-5-4-8-16(11-14)15-6-2-1-3-7-15/h1-8,11,17-18,20H,9-10,12-13H2/t17-,18+/m1/s1. The van der Waals surface area contributed by atoms with Gasteiger partial charge in [-0.1, -0.05) is 54.6 Å². The summed E-state index contributed by atoms with van der Waals surface area (Å²) in [6.07, 6.45) is 1.74. The van der Waals surface area contributed by atoms with E-state index in [0.29, 0.717) is 6.61 Å². The topological polar surface area (TPSA) is 46.5 Å². The Bertz CT molecular complexity index is 636. The zero-order valence-corrected chi connectivity index (χ0v) is 12.4. The SMILES string of the molecule is O=C1OC[C@@H](CCc2cccc(-c3ccccc3)c2)[C@@H]1CO. The van der Waals surface area contributed by atoms with E-state index in [2.05, 4.69) is 36.4 Å². The average molecular weight is 296 g/mol. The van der Waals surface area contributed by atoms with Crippen molar-refractivity contribution in [2.45, 2.75) is 12.8 Å². The van der Waals surface area contributed by atoms with E-state index in [0.717, 1.165) is 12.8 Å². The fourth-order valence-electron chi connectivity index (χ4n) is 3.00. The molecule has 3 nitrogen and oxygen atoms in total. The van der Waals surface area contributed by atoms with Gasteiger partial charge in [0.15, 0.2) is 0 Å². The molecule has 3 rings (SSSR count). The molecule has 0 amide bonds. The minimum atomic E-state index is -0.350. The molecule has 1 aliphatic heterocycles. The second kappa shape index (κ2) is 6.75. The number of hydrogen-bond donors (Lipinski definition) is 1. The number of ether oxygens (including phenoxy) is 1. The molecule has 2 aromatic rings. The van der Waals surface area contributed by atoms with E-state index in [1.807, 2.05) is 18.2 Å². The van der Waals surface area contributed by atoms with Crippen LogP contribution in [0.2, 0.25) is 0 Å². The fraction of sp³-hybridized carbons (Fsp3) is 0.316. The van der Waals surface area contributed by atoms with Crippen LogP contribution in [0.4, 0.5) is 0 Å². The lowest BCUT2D eigenvalue weighted by atomic mass is 9.89. The number of aryl methyl sites for hydroxylation is 1. The number of carbonyl (C=O) groups excluding carboxylic acids is 1. The van der Waals surface area contributed by atoms with Crippen molar-refractivity contribution in [2.75, 3.05) is 13.2 Å². The van der Waals surface area contributed by atoms with Crippen molar-refractivity contribution in [3.63, 3.8) is 0 Å². The first kappa shape index (κ1) is 14.8. The smallest absolute Gasteiger partial charge is 0.311 e. The molecule has 114 valence electrons. The summed E-state index contributed by atoms with van der Waals surface area (Å²) in [6.45, 7) is 0.315. The van der Waals surface area contributed by atoms with E-state index in [1.165, 1.54) is 16.7 Å². The van der Waals surface area contributed by atoms with Gasteiger partial charge in [-0.2, -0.15) is 0 Å².